The summed E-state index contributed by atoms with van der Waals surface area (Å²) in [5.74, 6) is 0.904. The Kier molecular flexibility index (Phi) is 5.77. The minimum Gasteiger partial charge on any atom is -0.363 e. The summed E-state index contributed by atoms with van der Waals surface area (Å²) in [5.41, 5.74) is 0.972. The molecule has 0 aliphatic carbocycles. The molecule has 1 fully saturated rings. The van der Waals surface area contributed by atoms with Gasteiger partial charge in [0.2, 0.25) is 0 Å². The third-order valence-electron chi connectivity index (χ3n) is 4.88. The van der Waals surface area contributed by atoms with Crippen molar-refractivity contribution in [3.8, 4) is 0 Å². The van der Waals surface area contributed by atoms with Gasteiger partial charge in [-0.25, -0.2) is 9.37 Å². The van der Waals surface area contributed by atoms with Crippen molar-refractivity contribution in [3.63, 3.8) is 0 Å². The van der Waals surface area contributed by atoms with Crippen molar-refractivity contribution in [3.05, 3.63) is 58.5 Å². The molecule has 1 aliphatic heterocycles. The van der Waals surface area contributed by atoms with Crippen LogP contribution in [-0.4, -0.2) is 28.9 Å². The lowest BCUT2D eigenvalue weighted by Crippen LogP contribution is -2.37. The Bertz CT molecular complexity index is 753. The van der Waals surface area contributed by atoms with Crippen LogP contribution in [0.15, 0.2) is 36.5 Å². The quantitative estimate of drug-likeness (QED) is 0.825. The van der Waals surface area contributed by atoms with Crippen molar-refractivity contribution >= 4 is 23.3 Å². The summed E-state index contributed by atoms with van der Waals surface area (Å²) in [7, 11) is 0. The zero-order chi connectivity index (χ0) is 18.7. The number of hydrogen-bond donors (Lipinski definition) is 1. The largest absolute Gasteiger partial charge is 0.363 e. The SMILES string of the molecule is CC1CCN(C(=O)c2ccc(NC(C)c3c(F)cccc3Cl)nc2)CC1. The van der Waals surface area contributed by atoms with Gasteiger partial charge < -0.3 is 10.2 Å². The first-order valence-electron chi connectivity index (χ1n) is 8.91. The van der Waals surface area contributed by atoms with Gasteiger partial charge in [0.15, 0.2) is 0 Å². The second-order valence-electron chi connectivity index (χ2n) is 6.91. The second-order valence-corrected chi connectivity index (χ2v) is 7.32. The molecule has 26 heavy (non-hydrogen) atoms. The van der Waals surface area contributed by atoms with E-state index in [-0.39, 0.29) is 17.8 Å². The predicted octanol–water partition coefficient (Wildman–Crippen LogP) is 4.92. The van der Waals surface area contributed by atoms with E-state index in [0.29, 0.717) is 27.9 Å². The fourth-order valence-corrected chi connectivity index (χ4v) is 3.55. The molecule has 2 aromatic rings. The molecule has 0 bridgehead atoms. The normalized spacial score (nSPS) is 16.4. The Morgan fingerprint density at radius 1 is 1.31 bits per heavy atom. The van der Waals surface area contributed by atoms with E-state index in [1.807, 2.05) is 11.8 Å². The molecule has 1 unspecified atom stereocenters. The summed E-state index contributed by atoms with van der Waals surface area (Å²) in [6.45, 7) is 5.62. The molecule has 0 saturated carbocycles. The number of hydrogen-bond acceptors (Lipinski definition) is 3. The van der Waals surface area contributed by atoms with Gasteiger partial charge in [-0.1, -0.05) is 24.6 Å². The highest BCUT2D eigenvalue weighted by Gasteiger charge is 2.22. The molecule has 6 heteroatoms. The zero-order valence-electron chi connectivity index (χ0n) is 15.0. The van der Waals surface area contributed by atoms with Crippen LogP contribution < -0.4 is 5.32 Å². The van der Waals surface area contributed by atoms with E-state index in [4.69, 9.17) is 11.6 Å². The molecule has 4 nitrogen and oxygen atoms in total. The van der Waals surface area contributed by atoms with E-state index < -0.39 is 0 Å². The van der Waals surface area contributed by atoms with Crippen LogP contribution in [0.2, 0.25) is 5.02 Å². The fraction of sp³-hybridized carbons (Fsp3) is 0.400. The highest BCUT2D eigenvalue weighted by molar-refractivity contribution is 6.31. The van der Waals surface area contributed by atoms with Crippen LogP contribution in [0.3, 0.4) is 0 Å². The number of amides is 1. The number of benzene rings is 1. The Morgan fingerprint density at radius 2 is 2.04 bits per heavy atom. The molecule has 138 valence electrons. The number of nitrogens with one attached hydrogen (secondary N) is 1. The topological polar surface area (TPSA) is 45.2 Å². The molecule has 0 radical (unpaired) electrons. The maximum atomic E-state index is 14.0. The van der Waals surface area contributed by atoms with E-state index in [9.17, 15) is 9.18 Å². The van der Waals surface area contributed by atoms with Crippen molar-refractivity contribution in [1.29, 1.82) is 0 Å². The summed E-state index contributed by atoms with van der Waals surface area (Å²) in [4.78, 5) is 18.7. The van der Waals surface area contributed by atoms with Crippen LogP contribution in [0.25, 0.3) is 0 Å². The van der Waals surface area contributed by atoms with Crippen LogP contribution >= 0.6 is 11.6 Å². The number of halogens is 2. The van der Waals surface area contributed by atoms with Crippen molar-refractivity contribution in [1.82, 2.24) is 9.88 Å². The molecule has 1 N–H and O–H groups in total. The first-order valence-corrected chi connectivity index (χ1v) is 9.29. The van der Waals surface area contributed by atoms with Crippen molar-refractivity contribution in [2.24, 2.45) is 5.92 Å². The standard InChI is InChI=1S/C20H23ClFN3O/c1-13-8-10-25(11-9-13)20(26)15-6-7-18(23-12-15)24-14(2)19-16(21)4-3-5-17(19)22/h3-7,12-14H,8-11H2,1-2H3,(H,23,24). The van der Waals surface area contributed by atoms with Gasteiger partial charge in [0.05, 0.1) is 11.6 Å². The Balaban J connectivity index is 1.67. The molecule has 1 amide bonds. The lowest BCUT2D eigenvalue weighted by atomic mass is 9.99. The molecular weight excluding hydrogens is 353 g/mol. The molecule has 1 atom stereocenters. The summed E-state index contributed by atoms with van der Waals surface area (Å²) < 4.78 is 14.0. The number of pyridine rings is 1. The zero-order valence-corrected chi connectivity index (χ0v) is 15.8. The van der Waals surface area contributed by atoms with Gasteiger partial charge in [-0.3, -0.25) is 4.79 Å². The third-order valence-corrected chi connectivity index (χ3v) is 5.21. The smallest absolute Gasteiger partial charge is 0.255 e. The van der Waals surface area contributed by atoms with Crippen molar-refractivity contribution in [2.45, 2.75) is 32.7 Å². The molecule has 1 aromatic carbocycles. The number of piperidine rings is 1. The maximum absolute atomic E-state index is 14.0. The van der Waals surface area contributed by atoms with Gasteiger partial charge in [0, 0.05) is 29.9 Å². The number of aromatic nitrogens is 1. The van der Waals surface area contributed by atoms with Gasteiger partial charge >= 0.3 is 0 Å². The van der Waals surface area contributed by atoms with Crippen LogP contribution in [0.1, 0.15) is 48.7 Å². The Labute approximate surface area is 158 Å². The minimum atomic E-state index is -0.358. The first kappa shape index (κ1) is 18.6. The molecule has 0 spiro atoms. The highest BCUT2D eigenvalue weighted by Crippen LogP contribution is 2.28. The number of carbonyl (C=O) groups is 1. The fourth-order valence-electron chi connectivity index (χ4n) is 3.22. The number of anilines is 1. The van der Waals surface area contributed by atoms with E-state index in [2.05, 4.69) is 17.2 Å². The van der Waals surface area contributed by atoms with E-state index in [1.54, 1.807) is 30.5 Å². The van der Waals surface area contributed by atoms with Gasteiger partial charge in [-0.15, -0.1) is 0 Å². The Morgan fingerprint density at radius 3 is 2.65 bits per heavy atom. The van der Waals surface area contributed by atoms with Gasteiger partial charge in [0.25, 0.3) is 5.91 Å². The molecule has 1 aromatic heterocycles. The number of likely N-dealkylation sites (tertiary alicyclic amines) is 1. The second kappa shape index (κ2) is 8.04. The monoisotopic (exact) mass is 375 g/mol. The Hall–Kier alpha value is -2.14. The molecular formula is C20H23ClFN3O. The van der Waals surface area contributed by atoms with Crippen LogP contribution in [0, 0.1) is 11.7 Å². The summed E-state index contributed by atoms with van der Waals surface area (Å²) >= 11 is 6.10. The lowest BCUT2D eigenvalue weighted by molar-refractivity contribution is 0.0697. The predicted molar refractivity (Wildman–Crippen MR) is 102 cm³/mol. The number of nitrogens with zero attached hydrogens (tertiary/aromatic N) is 2. The van der Waals surface area contributed by atoms with Gasteiger partial charge in [-0.05, 0) is 49.9 Å². The van der Waals surface area contributed by atoms with Crippen LogP contribution in [-0.2, 0) is 0 Å². The maximum Gasteiger partial charge on any atom is 0.255 e. The minimum absolute atomic E-state index is 0.0150. The summed E-state index contributed by atoms with van der Waals surface area (Å²) in [6.07, 6.45) is 3.65. The molecule has 2 heterocycles. The molecule has 1 saturated heterocycles. The summed E-state index contributed by atoms with van der Waals surface area (Å²) in [5, 5.41) is 3.50. The number of rotatable bonds is 4. The van der Waals surface area contributed by atoms with E-state index in [1.165, 1.54) is 6.07 Å². The molecule has 1 aliphatic rings. The number of carbonyl (C=O) groups excluding carboxylic acids is 1. The molecule has 3 rings (SSSR count). The van der Waals surface area contributed by atoms with Crippen LogP contribution in [0.5, 0.6) is 0 Å². The third kappa shape index (κ3) is 4.15. The van der Waals surface area contributed by atoms with Crippen molar-refractivity contribution < 1.29 is 9.18 Å². The average Bonchev–Trinajstić information content (AvgIpc) is 2.62. The van der Waals surface area contributed by atoms with Crippen LogP contribution in [0.4, 0.5) is 10.2 Å². The highest BCUT2D eigenvalue weighted by atomic mass is 35.5. The van der Waals surface area contributed by atoms with E-state index >= 15 is 0 Å². The van der Waals surface area contributed by atoms with Crippen molar-refractivity contribution in [2.75, 3.05) is 18.4 Å². The average molecular weight is 376 g/mol. The van der Waals surface area contributed by atoms with Gasteiger partial charge in [-0.2, -0.15) is 0 Å². The first-order chi connectivity index (χ1) is 12.5. The van der Waals surface area contributed by atoms with Gasteiger partial charge in [0.1, 0.15) is 11.6 Å². The lowest BCUT2D eigenvalue weighted by Gasteiger charge is -2.30. The van der Waals surface area contributed by atoms with E-state index in [0.717, 1.165) is 25.9 Å². The summed E-state index contributed by atoms with van der Waals surface area (Å²) in [6, 6.07) is 7.77.